The molecule has 0 fully saturated rings. The minimum atomic E-state index is -4.23. The molecule has 0 N–H and O–H groups in total. The average molecular weight is 448 g/mol. The third-order valence-electron chi connectivity index (χ3n) is 4.45. The van der Waals surface area contributed by atoms with Gasteiger partial charge in [-0.2, -0.15) is 0 Å². The van der Waals surface area contributed by atoms with Crippen LogP contribution in [0.2, 0.25) is 5.02 Å². The van der Waals surface area contributed by atoms with E-state index in [1.807, 2.05) is 12.1 Å². The number of hydrogen-bond donors (Lipinski definition) is 0. The zero-order chi connectivity index (χ0) is 21.9. The second kappa shape index (κ2) is 8.73. The van der Waals surface area contributed by atoms with Crippen molar-refractivity contribution in [2.75, 3.05) is 25.1 Å². The van der Waals surface area contributed by atoms with Gasteiger partial charge in [0, 0.05) is 0 Å². The fraction of sp³-hybridized carbons (Fsp3) is 0.143. The highest BCUT2D eigenvalue weighted by atomic mass is 35.5. The minimum absolute atomic E-state index is 0.0374. The third-order valence-corrected chi connectivity index (χ3v) is 6.52. The van der Waals surface area contributed by atoms with Crippen molar-refractivity contribution < 1.29 is 27.5 Å². The second-order valence-corrected chi connectivity index (χ2v) is 8.52. The van der Waals surface area contributed by atoms with Crippen molar-refractivity contribution in [3.63, 3.8) is 0 Å². The molecule has 0 aliphatic carbocycles. The zero-order valence-corrected chi connectivity index (χ0v) is 17.7. The fourth-order valence-electron chi connectivity index (χ4n) is 2.89. The maximum atomic E-state index is 13.5. The number of fused-ring (bicyclic) bond motifs is 1. The monoisotopic (exact) mass is 447 g/mol. The summed E-state index contributed by atoms with van der Waals surface area (Å²) in [5.41, 5.74) is 0.0404. The molecule has 3 rings (SSSR count). The van der Waals surface area contributed by atoms with Gasteiger partial charge in [0.25, 0.3) is 10.0 Å². The van der Waals surface area contributed by atoms with Crippen molar-refractivity contribution in [2.24, 2.45) is 0 Å². The smallest absolute Gasteiger partial charge is 0.337 e. The fourth-order valence-corrected chi connectivity index (χ4v) is 4.61. The van der Waals surface area contributed by atoms with Gasteiger partial charge in [-0.1, -0.05) is 41.9 Å². The maximum absolute atomic E-state index is 13.5. The van der Waals surface area contributed by atoms with Crippen LogP contribution >= 0.6 is 11.6 Å². The van der Waals surface area contributed by atoms with Crippen molar-refractivity contribution >= 4 is 50.0 Å². The van der Waals surface area contributed by atoms with Gasteiger partial charge in [-0.05, 0) is 41.1 Å². The normalized spacial score (nSPS) is 11.2. The number of rotatable bonds is 6. The number of carbonyl (C=O) groups is 2. The minimum Gasteiger partial charge on any atom is -0.468 e. The summed E-state index contributed by atoms with van der Waals surface area (Å²) < 4.78 is 37.1. The summed E-state index contributed by atoms with van der Waals surface area (Å²) >= 11 is 6.24. The van der Waals surface area contributed by atoms with Crippen LogP contribution in [0.25, 0.3) is 10.8 Å². The Labute approximate surface area is 178 Å². The highest BCUT2D eigenvalue weighted by Gasteiger charge is 2.30. The first kappa shape index (κ1) is 21.6. The molecule has 156 valence electrons. The summed E-state index contributed by atoms with van der Waals surface area (Å²) in [7, 11) is -1.88. The summed E-state index contributed by atoms with van der Waals surface area (Å²) in [5.74, 6) is -1.46. The molecule has 0 aromatic heterocycles. The summed E-state index contributed by atoms with van der Waals surface area (Å²) in [6, 6.07) is 15.9. The summed E-state index contributed by atoms with van der Waals surface area (Å²) in [4.78, 5) is 23.9. The van der Waals surface area contributed by atoms with Gasteiger partial charge < -0.3 is 9.47 Å². The molecule has 0 aliphatic heterocycles. The number of esters is 2. The number of halogens is 1. The molecule has 0 heterocycles. The van der Waals surface area contributed by atoms with E-state index in [2.05, 4.69) is 9.47 Å². The van der Waals surface area contributed by atoms with E-state index in [9.17, 15) is 18.0 Å². The molecule has 0 atom stereocenters. The Morgan fingerprint density at radius 3 is 2.30 bits per heavy atom. The molecule has 3 aromatic rings. The average Bonchev–Trinajstić information content (AvgIpc) is 2.76. The van der Waals surface area contributed by atoms with Gasteiger partial charge in [-0.3, -0.25) is 9.10 Å². The lowest BCUT2D eigenvalue weighted by atomic mass is 10.1. The topological polar surface area (TPSA) is 90.0 Å². The van der Waals surface area contributed by atoms with Crippen molar-refractivity contribution in [1.29, 1.82) is 0 Å². The molecule has 0 amide bonds. The van der Waals surface area contributed by atoms with Gasteiger partial charge in [0.15, 0.2) is 0 Å². The Morgan fingerprint density at radius 2 is 1.63 bits per heavy atom. The van der Waals surface area contributed by atoms with Crippen LogP contribution in [0.15, 0.2) is 65.6 Å². The van der Waals surface area contributed by atoms with Crippen molar-refractivity contribution in [3.8, 4) is 0 Å². The molecule has 7 nitrogen and oxygen atoms in total. The van der Waals surface area contributed by atoms with Crippen LogP contribution in [-0.2, 0) is 24.3 Å². The Kier molecular flexibility index (Phi) is 6.28. The number of carbonyl (C=O) groups excluding carboxylic acids is 2. The van der Waals surface area contributed by atoms with Crippen molar-refractivity contribution in [1.82, 2.24) is 0 Å². The Hall–Kier alpha value is -3.10. The molecular formula is C21H18ClNO6S. The van der Waals surface area contributed by atoms with E-state index in [1.165, 1.54) is 37.4 Å². The van der Waals surface area contributed by atoms with Crippen molar-refractivity contribution in [3.05, 3.63) is 71.2 Å². The molecular weight excluding hydrogens is 430 g/mol. The zero-order valence-electron chi connectivity index (χ0n) is 16.2. The van der Waals surface area contributed by atoms with Crippen LogP contribution in [-0.4, -0.2) is 41.1 Å². The van der Waals surface area contributed by atoms with E-state index in [1.54, 1.807) is 18.2 Å². The van der Waals surface area contributed by atoms with Crippen LogP contribution in [0, 0.1) is 0 Å². The van der Waals surface area contributed by atoms with Gasteiger partial charge in [0.1, 0.15) is 6.54 Å². The molecule has 0 saturated heterocycles. The Balaban J connectivity index is 2.17. The number of nitrogens with zero attached hydrogens (tertiary/aromatic N) is 1. The van der Waals surface area contributed by atoms with Crippen molar-refractivity contribution in [2.45, 2.75) is 4.90 Å². The van der Waals surface area contributed by atoms with Gasteiger partial charge in [-0.15, -0.1) is 0 Å². The summed E-state index contributed by atoms with van der Waals surface area (Å²) in [6.07, 6.45) is 0. The summed E-state index contributed by atoms with van der Waals surface area (Å²) in [6.45, 7) is -0.629. The van der Waals surface area contributed by atoms with Crippen LogP contribution in [0.4, 0.5) is 5.69 Å². The largest absolute Gasteiger partial charge is 0.468 e. The molecule has 0 spiro atoms. The lowest BCUT2D eigenvalue weighted by Gasteiger charge is -2.25. The van der Waals surface area contributed by atoms with Crippen LogP contribution in [0.5, 0.6) is 0 Å². The highest BCUT2D eigenvalue weighted by molar-refractivity contribution is 7.92. The predicted molar refractivity (Wildman–Crippen MR) is 113 cm³/mol. The molecule has 0 radical (unpaired) electrons. The summed E-state index contributed by atoms with van der Waals surface area (Å²) in [5, 5.41) is 1.61. The lowest BCUT2D eigenvalue weighted by Crippen LogP contribution is -2.36. The number of hydrogen-bond acceptors (Lipinski definition) is 6. The molecule has 30 heavy (non-hydrogen) atoms. The van der Waals surface area contributed by atoms with E-state index in [-0.39, 0.29) is 21.2 Å². The van der Waals surface area contributed by atoms with E-state index in [0.29, 0.717) is 5.39 Å². The third kappa shape index (κ3) is 4.24. The number of methoxy groups -OCH3 is 2. The number of anilines is 1. The second-order valence-electron chi connectivity index (χ2n) is 6.25. The van der Waals surface area contributed by atoms with E-state index >= 15 is 0 Å². The molecule has 3 aromatic carbocycles. The van der Waals surface area contributed by atoms with Crippen LogP contribution < -0.4 is 4.31 Å². The molecule has 0 saturated carbocycles. The van der Waals surface area contributed by atoms with Gasteiger partial charge in [0.05, 0.1) is 35.4 Å². The Bertz CT molecular complexity index is 1230. The molecule has 9 heteroatoms. The standard InChI is InChI=1S/C21H18ClNO6S/c1-28-20(24)13-23(19-12-16(21(25)29-2)8-10-18(19)22)30(26,27)17-9-7-14-5-3-4-6-15(14)11-17/h3-12H,13H2,1-2H3. The predicted octanol–water partition coefficient (Wildman–Crippen LogP) is 3.65. The number of ether oxygens (including phenoxy) is 2. The van der Waals surface area contributed by atoms with Crippen LogP contribution in [0.1, 0.15) is 10.4 Å². The van der Waals surface area contributed by atoms with E-state index in [0.717, 1.165) is 16.8 Å². The lowest BCUT2D eigenvalue weighted by molar-refractivity contribution is -0.138. The van der Waals surface area contributed by atoms with E-state index < -0.39 is 28.5 Å². The molecule has 0 aliphatic rings. The Morgan fingerprint density at radius 1 is 0.933 bits per heavy atom. The molecule has 0 bridgehead atoms. The first-order chi connectivity index (χ1) is 14.3. The number of sulfonamides is 1. The highest BCUT2D eigenvalue weighted by Crippen LogP contribution is 2.32. The van der Waals surface area contributed by atoms with E-state index in [4.69, 9.17) is 11.6 Å². The number of benzene rings is 3. The first-order valence-electron chi connectivity index (χ1n) is 8.74. The molecule has 0 unspecified atom stereocenters. The quantitative estimate of drug-likeness (QED) is 0.536. The maximum Gasteiger partial charge on any atom is 0.337 e. The SMILES string of the molecule is COC(=O)CN(c1cc(C(=O)OC)ccc1Cl)S(=O)(=O)c1ccc2ccccc2c1. The van der Waals surface area contributed by atoms with Gasteiger partial charge >= 0.3 is 11.9 Å². The van der Waals surface area contributed by atoms with Gasteiger partial charge in [-0.25, -0.2) is 13.2 Å². The first-order valence-corrected chi connectivity index (χ1v) is 10.6. The van der Waals surface area contributed by atoms with Crippen LogP contribution in [0.3, 0.4) is 0 Å². The van der Waals surface area contributed by atoms with Gasteiger partial charge in [0.2, 0.25) is 0 Å².